The molecule has 0 bridgehead atoms. The lowest BCUT2D eigenvalue weighted by molar-refractivity contribution is -0.133. The van der Waals surface area contributed by atoms with Gasteiger partial charge >= 0.3 is 0 Å². The topological polar surface area (TPSA) is 52.3 Å². The van der Waals surface area contributed by atoms with Gasteiger partial charge in [0.05, 0.1) is 5.41 Å². The molecule has 0 atom stereocenters. The summed E-state index contributed by atoms with van der Waals surface area (Å²) in [6, 6.07) is 0. The fourth-order valence-electron chi connectivity index (χ4n) is 1.94. The van der Waals surface area contributed by atoms with Crippen molar-refractivity contribution in [1.29, 1.82) is 0 Å². The van der Waals surface area contributed by atoms with E-state index in [2.05, 4.69) is 33.9 Å². The average Bonchev–Trinajstić information content (AvgIpc) is 2.06. The molecule has 1 aliphatic rings. The van der Waals surface area contributed by atoms with Crippen LogP contribution in [0.15, 0.2) is 0 Å². The number of rotatable bonds is 5. The van der Waals surface area contributed by atoms with Crippen molar-refractivity contribution >= 4 is 14.2 Å². The molecule has 1 aliphatic carbocycles. The van der Waals surface area contributed by atoms with Gasteiger partial charge in [0, 0.05) is 6.61 Å². The standard InChI is InChI=1S/C13H27NO2Si/c1-12(2,3)17(4,5)16-10-9-13(11(14)15)7-6-8-13/h6-10H2,1-5H3,(H2,14,15). The van der Waals surface area contributed by atoms with Crippen LogP contribution in [0.2, 0.25) is 18.1 Å². The highest BCUT2D eigenvalue weighted by molar-refractivity contribution is 6.74. The zero-order valence-electron chi connectivity index (χ0n) is 11.9. The molecule has 1 fully saturated rings. The summed E-state index contributed by atoms with van der Waals surface area (Å²) in [5.41, 5.74) is 5.24. The van der Waals surface area contributed by atoms with Crippen molar-refractivity contribution in [2.75, 3.05) is 6.61 Å². The third-order valence-electron chi connectivity index (χ3n) is 4.68. The number of hydrogen-bond acceptors (Lipinski definition) is 2. The van der Waals surface area contributed by atoms with Crippen LogP contribution in [-0.4, -0.2) is 20.8 Å². The Bertz CT molecular complexity index is 290. The highest BCUT2D eigenvalue weighted by Crippen LogP contribution is 2.44. The van der Waals surface area contributed by atoms with Gasteiger partial charge in [-0.05, 0) is 37.4 Å². The van der Waals surface area contributed by atoms with Crippen LogP contribution in [0.3, 0.4) is 0 Å². The number of carbonyl (C=O) groups excluding carboxylic acids is 1. The Kier molecular flexibility index (Phi) is 4.09. The summed E-state index contributed by atoms with van der Waals surface area (Å²) in [7, 11) is -1.68. The summed E-state index contributed by atoms with van der Waals surface area (Å²) < 4.78 is 6.11. The lowest BCUT2D eigenvalue weighted by Gasteiger charge is -2.41. The maximum atomic E-state index is 11.4. The second kappa shape index (κ2) is 4.73. The predicted octanol–water partition coefficient (Wildman–Crippen LogP) is 3.05. The molecule has 1 saturated carbocycles. The Morgan fingerprint density at radius 2 is 1.88 bits per heavy atom. The van der Waals surface area contributed by atoms with E-state index < -0.39 is 8.32 Å². The summed E-state index contributed by atoms with van der Waals surface area (Å²) in [5.74, 6) is -0.136. The maximum Gasteiger partial charge on any atom is 0.223 e. The van der Waals surface area contributed by atoms with Gasteiger partial charge < -0.3 is 10.2 Å². The molecule has 0 aromatic rings. The summed E-state index contributed by atoms with van der Waals surface area (Å²) in [4.78, 5) is 11.4. The van der Waals surface area contributed by atoms with Gasteiger partial charge in [-0.15, -0.1) is 0 Å². The Morgan fingerprint density at radius 1 is 1.35 bits per heavy atom. The van der Waals surface area contributed by atoms with E-state index in [0.717, 1.165) is 25.7 Å². The molecule has 0 aromatic carbocycles. The van der Waals surface area contributed by atoms with Gasteiger partial charge in [-0.1, -0.05) is 27.2 Å². The third-order valence-corrected chi connectivity index (χ3v) is 9.22. The molecule has 4 heteroatoms. The zero-order chi connectivity index (χ0) is 13.3. The van der Waals surface area contributed by atoms with Crippen LogP contribution >= 0.6 is 0 Å². The Morgan fingerprint density at radius 3 is 2.18 bits per heavy atom. The van der Waals surface area contributed by atoms with E-state index in [1.165, 1.54) is 0 Å². The second-order valence-electron chi connectivity index (χ2n) is 6.86. The molecule has 2 N–H and O–H groups in total. The molecule has 0 aromatic heterocycles. The molecule has 100 valence electrons. The van der Waals surface area contributed by atoms with Gasteiger partial charge in [-0.3, -0.25) is 4.79 Å². The highest BCUT2D eigenvalue weighted by atomic mass is 28.4. The second-order valence-corrected chi connectivity index (χ2v) is 11.7. The Hall–Kier alpha value is -0.353. The Labute approximate surface area is 106 Å². The van der Waals surface area contributed by atoms with Crippen LogP contribution < -0.4 is 5.73 Å². The number of nitrogens with two attached hydrogens (primary N) is 1. The first kappa shape index (κ1) is 14.7. The van der Waals surface area contributed by atoms with Gasteiger partial charge in [0.25, 0.3) is 0 Å². The molecule has 0 unspecified atom stereocenters. The van der Waals surface area contributed by atoms with Crippen LogP contribution in [0.25, 0.3) is 0 Å². The zero-order valence-corrected chi connectivity index (χ0v) is 12.9. The lowest BCUT2D eigenvalue weighted by Crippen LogP contribution is -2.46. The molecule has 3 nitrogen and oxygen atoms in total. The normalized spacial score (nSPS) is 19.8. The number of amides is 1. The molecule has 1 amide bonds. The first-order valence-electron chi connectivity index (χ1n) is 6.55. The average molecular weight is 257 g/mol. The van der Waals surface area contributed by atoms with E-state index in [-0.39, 0.29) is 16.4 Å². The smallest absolute Gasteiger partial charge is 0.223 e. The van der Waals surface area contributed by atoms with Crippen molar-refractivity contribution in [3.8, 4) is 0 Å². The minimum Gasteiger partial charge on any atom is -0.417 e. The van der Waals surface area contributed by atoms with Gasteiger partial charge in [0.2, 0.25) is 5.91 Å². The fourth-order valence-corrected chi connectivity index (χ4v) is 2.99. The van der Waals surface area contributed by atoms with E-state index >= 15 is 0 Å². The van der Waals surface area contributed by atoms with E-state index in [4.69, 9.17) is 10.2 Å². The first-order valence-corrected chi connectivity index (χ1v) is 9.45. The van der Waals surface area contributed by atoms with E-state index in [9.17, 15) is 4.79 Å². The van der Waals surface area contributed by atoms with Crippen molar-refractivity contribution in [1.82, 2.24) is 0 Å². The SMILES string of the molecule is CC(C)(C)[Si](C)(C)OCCC1(C(N)=O)CCC1. The van der Waals surface area contributed by atoms with Crippen molar-refractivity contribution in [2.24, 2.45) is 11.1 Å². The number of primary amides is 1. The molecule has 0 spiro atoms. The van der Waals surface area contributed by atoms with Crippen LogP contribution in [0.5, 0.6) is 0 Å². The quantitative estimate of drug-likeness (QED) is 0.770. The molecule has 17 heavy (non-hydrogen) atoms. The molecule has 0 aliphatic heterocycles. The molecule has 0 saturated heterocycles. The van der Waals surface area contributed by atoms with Gasteiger partial charge in [-0.25, -0.2) is 0 Å². The van der Waals surface area contributed by atoms with Crippen molar-refractivity contribution in [3.05, 3.63) is 0 Å². The fraction of sp³-hybridized carbons (Fsp3) is 0.923. The largest absolute Gasteiger partial charge is 0.417 e. The van der Waals surface area contributed by atoms with Crippen LogP contribution in [0, 0.1) is 5.41 Å². The van der Waals surface area contributed by atoms with Crippen molar-refractivity contribution in [3.63, 3.8) is 0 Å². The molecule has 0 heterocycles. The minimum atomic E-state index is -1.68. The Balaban J connectivity index is 2.45. The summed E-state index contributed by atoms with van der Waals surface area (Å²) in [6.07, 6.45) is 3.82. The molecular formula is C13H27NO2Si. The van der Waals surface area contributed by atoms with E-state index in [1.807, 2.05) is 0 Å². The van der Waals surface area contributed by atoms with Crippen LogP contribution in [0.1, 0.15) is 46.5 Å². The van der Waals surface area contributed by atoms with Crippen molar-refractivity contribution < 1.29 is 9.22 Å². The summed E-state index contributed by atoms with van der Waals surface area (Å²) in [6.45, 7) is 11.8. The predicted molar refractivity (Wildman–Crippen MR) is 73.2 cm³/mol. The molecular weight excluding hydrogens is 230 g/mol. The molecule has 0 radical (unpaired) electrons. The number of carbonyl (C=O) groups is 1. The van der Waals surface area contributed by atoms with Gasteiger partial charge in [0.15, 0.2) is 8.32 Å². The van der Waals surface area contributed by atoms with Crippen LogP contribution in [-0.2, 0) is 9.22 Å². The van der Waals surface area contributed by atoms with Crippen LogP contribution in [0.4, 0.5) is 0 Å². The lowest BCUT2D eigenvalue weighted by atomic mass is 9.66. The maximum absolute atomic E-state index is 11.4. The summed E-state index contributed by atoms with van der Waals surface area (Å²) in [5, 5.41) is 0.229. The van der Waals surface area contributed by atoms with E-state index in [0.29, 0.717) is 6.61 Å². The van der Waals surface area contributed by atoms with E-state index in [1.54, 1.807) is 0 Å². The number of hydrogen-bond donors (Lipinski definition) is 1. The minimum absolute atomic E-state index is 0.136. The highest BCUT2D eigenvalue weighted by Gasteiger charge is 2.43. The van der Waals surface area contributed by atoms with Gasteiger partial charge in [-0.2, -0.15) is 0 Å². The first-order chi connectivity index (χ1) is 7.61. The monoisotopic (exact) mass is 257 g/mol. The summed E-state index contributed by atoms with van der Waals surface area (Å²) >= 11 is 0. The van der Waals surface area contributed by atoms with Crippen molar-refractivity contribution in [2.45, 2.75) is 64.6 Å². The third kappa shape index (κ3) is 3.10. The molecule has 1 rings (SSSR count). The van der Waals surface area contributed by atoms with Gasteiger partial charge in [0.1, 0.15) is 0 Å².